The molecule has 192 valence electrons. The first-order valence-corrected chi connectivity index (χ1v) is 13.2. The molecule has 1 saturated heterocycles. The molecule has 0 aliphatic carbocycles. The summed E-state index contributed by atoms with van der Waals surface area (Å²) in [5, 5.41) is 4.97. The summed E-state index contributed by atoms with van der Waals surface area (Å²) in [6, 6.07) is 24.4. The van der Waals surface area contributed by atoms with Gasteiger partial charge in [-0.05, 0) is 66.8 Å². The van der Waals surface area contributed by atoms with Crippen molar-refractivity contribution in [2.75, 3.05) is 20.3 Å². The standard InChI is InChI=1S/C31H33ClN2O3/c1-31(16-5-17-37-31)21-33-30(35)18-27(23-10-12-24(32)13-11-23)28-20-34(29-7-4-3-6-26(28)29)19-22-8-14-25(36-2)15-9-22/h3-4,6-15,20,27H,5,16-19,21H2,1-2H3,(H,33,35)/t27-,31-/m1/s1. The summed E-state index contributed by atoms with van der Waals surface area (Å²) >= 11 is 6.21. The maximum atomic E-state index is 13.2. The van der Waals surface area contributed by atoms with E-state index in [0.29, 0.717) is 18.0 Å². The third-order valence-corrected chi connectivity index (χ3v) is 7.58. The number of carbonyl (C=O) groups excluding carboxylic acids is 1. The van der Waals surface area contributed by atoms with Crippen molar-refractivity contribution in [3.8, 4) is 5.75 Å². The van der Waals surface area contributed by atoms with E-state index in [9.17, 15) is 4.79 Å². The Kier molecular flexibility index (Phi) is 7.54. The average Bonchev–Trinajstić information content (AvgIpc) is 3.51. The molecule has 1 aromatic heterocycles. The number of methoxy groups -OCH3 is 1. The molecule has 0 spiro atoms. The van der Waals surface area contributed by atoms with Crippen molar-refractivity contribution in [2.45, 2.75) is 44.2 Å². The van der Waals surface area contributed by atoms with E-state index in [1.807, 2.05) is 36.4 Å². The van der Waals surface area contributed by atoms with Crippen molar-refractivity contribution in [1.29, 1.82) is 0 Å². The molecule has 0 bridgehead atoms. The van der Waals surface area contributed by atoms with Crippen molar-refractivity contribution in [3.05, 3.63) is 101 Å². The number of benzene rings is 3. The van der Waals surface area contributed by atoms with Crippen molar-refractivity contribution in [1.82, 2.24) is 9.88 Å². The first kappa shape index (κ1) is 25.4. The van der Waals surface area contributed by atoms with Crippen LogP contribution in [-0.4, -0.2) is 36.3 Å². The third-order valence-electron chi connectivity index (χ3n) is 7.33. The summed E-state index contributed by atoms with van der Waals surface area (Å²) in [6.07, 6.45) is 4.54. The Balaban J connectivity index is 1.47. The van der Waals surface area contributed by atoms with Gasteiger partial charge in [-0.15, -0.1) is 0 Å². The lowest BCUT2D eigenvalue weighted by atomic mass is 9.88. The van der Waals surface area contributed by atoms with E-state index in [4.69, 9.17) is 21.1 Å². The first-order chi connectivity index (χ1) is 17.9. The average molecular weight is 517 g/mol. The van der Waals surface area contributed by atoms with Gasteiger partial charge < -0.3 is 19.4 Å². The number of nitrogens with zero attached hydrogens (tertiary/aromatic N) is 1. The number of nitrogens with one attached hydrogen (secondary N) is 1. The Bertz CT molecular complexity index is 1360. The van der Waals surface area contributed by atoms with Crippen LogP contribution in [0.4, 0.5) is 0 Å². The molecule has 1 fully saturated rings. The zero-order chi connectivity index (χ0) is 25.8. The van der Waals surface area contributed by atoms with E-state index >= 15 is 0 Å². The zero-order valence-electron chi connectivity index (χ0n) is 21.4. The largest absolute Gasteiger partial charge is 0.497 e. The smallest absolute Gasteiger partial charge is 0.221 e. The quantitative estimate of drug-likeness (QED) is 0.274. The minimum absolute atomic E-state index is 0.0173. The van der Waals surface area contributed by atoms with Crippen LogP contribution in [0.3, 0.4) is 0 Å². The molecule has 4 aromatic rings. The van der Waals surface area contributed by atoms with Gasteiger partial charge in [0, 0.05) is 54.2 Å². The summed E-state index contributed by atoms with van der Waals surface area (Å²) in [4.78, 5) is 13.2. The minimum Gasteiger partial charge on any atom is -0.497 e. The predicted octanol–water partition coefficient (Wildman–Crippen LogP) is 6.56. The molecule has 0 unspecified atom stereocenters. The predicted molar refractivity (Wildman–Crippen MR) is 149 cm³/mol. The van der Waals surface area contributed by atoms with Crippen molar-refractivity contribution in [3.63, 3.8) is 0 Å². The highest BCUT2D eigenvalue weighted by atomic mass is 35.5. The molecule has 1 aliphatic rings. The Morgan fingerprint density at radius 3 is 2.57 bits per heavy atom. The van der Waals surface area contributed by atoms with Crippen LogP contribution in [0.25, 0.3) is 10.9 Å². The summed E-state index contributed by atoms with van der Waals surface area (Å²) in [5.41, 5.74) is 4.23. The molecule has 0 radical (unpaired) electrons. The third kappa shape index (κ3) is 5.84. The molecule has 1 aliphatic heterocycles. The number of fused-ring (bicyclic) bond motifs is 1. The van der Waals surface area contributed by atoms with Crippen LogP contribution in [0.15, 0.2) is 79.0 Å². The molecule has 1 N–H and O–H groups in total. The fraction of sp³-hybridized carbons (Fsp3) is 0.323. The lowest BCUT2D eigenvalue weighted by Gasteiger charge is -2.24. The Hall–Kier alpha value is -3.28. The van der Waals surface area contributed by atoms with Gasteiger partial charge in [-0.25, -0.2) is 0 Å². The number of hydrogen-bond donors (Lipinski definition) is 1. The van der Waals surface area contributed by atoms with E-state index in [-0.39, 0.29) is 17.4 Å². The number of carbonyl (C=O) groups is 1. The number of hydrogen-bond acceptors (Lipinski definition) is 3. The number of halogens is 1. The summed E-state index contributed by atoms with van der Waals surface area (Å²) in [6.45, 7) is 4.08. The summed E-state index contributed by atoms with van der Waals surface area (Å²) in [7, 11) is 1.68. The molecule has 2 atom stereocenters. The van der Waals surface area contributed by atoms with Gasteiger partial charge in [0.15, 0.2) is 0 Å². The zero-order valence-corrected chi connectivity index (χ0v) is 22.1. The Morgan fingerprint density at radius 2 is 1.86 bits per heavy atom. The van der Waals surface area contributed by atoms with Crippen molar-refractivity contribution < 1.29 is 14.3 Å². The Morgan fingerprint density at radius 1 is 1.11 bits per heavy atom. The molecular formula is C31H33ClN2O3. The molecule has 5 nitrogen and oxygen atoms in total. The van der Waals surface area contributed by atoms with Crippen molar-refractivity contribution >= 4 is 28.4 Å². The van der Waals surface area contributed by atoms with Gasteiger partial charge in [0.05, 0.1) is 12.7 Å². The molecule has 2 heterocycles. The molecule has 5 rings (SSSR count). The second-order valence-corrected chi connectivity index (χ2v) is 10.5. The lowest BCUT2D eigenvalue weighted by Crippen LogP contribution is -2.40. The molecule has 3 aromatic carbocycles. The molecule has 37 heavy (non-hydrogen) atoms. The monoisotopic (exact) mass is 516 g/mol. The van der Waals surface area contributed by atoms with Gasteiger partial charge in [0.2, 0.25) is 5.91 Å². The fourth-order valence-electron chi connectivity index (χ4n) is 5.23. The van der Waals surface area contributed by atoms with Crippen molar-refractivity contribution in [2.24, 2.45) is 0 Å². The number of aromatic nitrogens is 1. The van der Waals surface area contributed by atoms with Crippen LogP contribution in [-0.2, 0) is 16.1 Å². The van der Waals surface area contributed by atoms with E-state index in [2.05, 4.69) is 59.4 Å². The molecule has 1 amide bonds. The molecule has 0 saturated carbocycles. The van der Waals surface area contributed by atoms with Gasteiger partial charge in [-0.3, -0.25) is 4.79 Å². The minimum atomic E-state index is -0.278. The van der Waals surface area contributed by atoms with E-state index < -0.39 is 0 Å². The second-order valence-electron chi connectivity index (χ2n) is 10.1. The maximum absolute atomic E-state index is 13.2. The lowest BCUT2D eigenvalue weighted by molar-refractivity contribution is -0.122. The molecule has 6 heteroatoms. The van der Waals surface area contributed by atoms with Crippen LogP contribution in [0, 0.1) is 0 Å². The van der Waals surface area contributed by atoms with E-state index in [1.54, 1.807) is 7.11 Å². The first-order valence-electron chi connectivity index (χ1n) is 12.8. The van der Waals surface area contributed by atoms with Gasteiger partial charge >= 0.3 is 0 Å². The number of para-hydroxylation sites is 1. The SMILES string of the molecule is COc1ccc(Cn2cc([C@H](CC(=O)NC[C@@]3(C)CCCO3)c3ccc(Cl)cc3)c3ccccc32)cc1. The van der Waals surface area contributed by atoms with Gasteiger partial charge in [0.25, 0.3) is 0 Å². The van der Waals surface area contributed by atoms with E-state index in [0.717, 1.165) is 53.8 Å². The summed E-state index contributed by atoms with van der Waals surface area (Å²) in [5.74, 6) is 0.743. The number of ether oxygens (including phenoxy) is 2. The van der Waals surface area contributed by atoms with E-state index in [1.165, 1.54) is 5.56 Å². The normalized spacial score (nSPS) is 18.1. The van der Waals surface area contributed by atoms with Crippen LogP contribution in [0.5, 0.6) is 5.75 Å². The van der Waals surface area contributed by atoms with Crippen LogP contribution in [0.1, 0.15) is 48.8 Å². The van der Waals surface area contributed by atoms with Gasteiger partial charge in [0.1, 0.15) is 5.75 Å². The topological polar surface area (TPSA) is 52.5 Å². The van der Waals surface area contributed by atoms with Crippen LogP contribution < -0.4 is 10.1 Å². The molecular weight excluding hydrogens is 484 g/mol. The highest BCUT2D eigenvalue weighted by Gasteiger charge is 2.31. The fourth-order valence-corrected chi connectivity index (χ4v) is 5.36. The second kappa shape index (κ2) is 11.0. The van der Waals surface area contributed by atoms with Gasteiger partial charge in [-0.2, -0.15) is 0 Å². The van der Waals surface area contributed by atoms with Gasteiger partial charge in [-0.1, -0.05) is 54.1 Å². The maximum Gasteiger partial charge on any atom is 0.221 e. The number of amides is 1. The summed E-state index contributed by atoms with van der Waals surface area (Å²) < 4.78 is 13.5. The van der Waals surface area contributed by atoms with Crippen LogP contribution >= 0.6 is 11.6 Å². The Labute approximate surface area is 223 Å². The van der Waals surface area contributed by atoms with Crippen LogP contribution in [0.2, 0.25) is 5.02 Å². The highest BCUT2D eigenvalue weighted by Crippen LogP contribution is 2.36. The number of rotatable bonds is 9. The highest BCUT2D eigenvalue weighted by molar-refractivity contribution is 6.30.